The van der Waals surface area contributed by atoms with Crippen LogP contribution in [0.2, 0.25) is 0 Å². The highest BCUT2D eigenvalue weighted by Gasteiger charge is 2.14. The highest BCUT2D eigenvalue weighted by atomic mass is 16.5. The van der Waals surface area contributed by atoms with Gasteiger partial charge in [0.2, 0.25) is 0 Å². The van der Waals surface area contributed by atoms with Crippen LogP contribution < -0.4 is 9.47 Å². The SMILES string of the molecule is COc1cc2c(cc1OCCCN1CCC1)[nH]c1ccncc12. The lowest BCUT2D eigenvalue weighted by Crippen LogP contribution is -2.38. The highest BCUT2D eigenvalue weighted by Crippen LogP contribution is 2.35. The molecule has 0 aliphatic carbocycles. The fourth-order valence-electron chi connectivity index (χ4n) is 3.10. The Labute approximate surface area is 135 Å². The third-order valence-electron chi connectivity index (χ3n) is 4.51. The molecule has 0 spiro atoms. The molecule has 1 N–H and O–H groups in total. The van der Waals surface area contributed by atoms with E-state index in [0.717, 1.165) is 46.3 Å². The van der Waals surface area contributed by atoms with Crippen molar-refractivity contribution in [3.05, 3.63) is 30.6 Å². The quantitative estimate of drug-likeness (QED) is 0.710. The maximum absolute atomic E-state index is 5.96. The molecule has 5 nitrogen and oxygen atoms in total. The molecule has 0 saturated carbocycles. The van der Waals surface area contributed by atoms with Crippen LogP contribution in [-0.2, 0) is 0 Å². The number of nitrogens with zero attached hydrogens (tertiary/aromatic N) is 2. The molecule has 23 heavy (non-hydrogen) atoms. The fourth-order valence-corrected chi connectivity index (χ4v) is 3.10. The summed E-state index contributed by atoms with van der Waals surface area (Å²) < 4.78 is 11.5. The number of ether oxygens (including phenoxy) is 2. The summed E-state index contributed by atoms with van der Waals surface area (Å²) in [5.74, 6) is 1.56. The van der Waals surface area contributed by atoms with Gasteiger partial charge in [0, 0.05) is 41.3 Å². The Balaban J connectivity index is 1.56. The number of pyridine rings is 1. The van der Waals surface area contributed by atoms with Gasteiger partial charge in [-0.25, -0.2) is 0 Å². The van der Waals surface area contributed by atoms with E-state index in [1.807, 2.05) is 24.4 Å². The van der Waals surface area contributed by atoms with Gasteiger partial charge in [-0.05, 0) is 38.1 Å². The lowest BCUT2D eigenvalue weighted by molar-refractivity contribution is 0.164. The van der Waals surface area contributed by atoms with Gasteiger partial charge in [0.05, 0.1) is 19.2 Å². The predicted molar refractivity (Wildman–Crippen MR) is 91.3 cm³/mol. The number of nitrogens with one attached hydrogen (secondary N) is 1. The van der Waals surface area contributed by atoms with Gasteiger partial charge in [-0.3, -0.25) is 4.98 Å². The molecule has 3 aromatic rings. The van der Waals surface area contributed by atoms with E-state index in [0.29, 0.717) is 6.61 Å². The second kappa shape index (κ2) is 6.08. The number of hydrogen-bond donors (Lipinski definition) is 1. The van der Waals surface area contributed by atoms with Crippen LogP contribution in [0.4, 0.5) is 0 Å². The average molecular weight is 311 g/mol. The third kappa shape index (κ3) is 2.72. The van der Waals surface area contributed by atoms with E-state index in [-0.39, 0.29) is 0 Å². The Bertz CT molecular complexity index is 824. The zero-order valence-electron chi connectivity index (χ0n) is 13.3. The normalized spacial score (nSPS) is 15.0. The minimum atomic E-state index is 0.708. The largest absolute Gasteiger partial charge is 0.493 e. The number of fused-ring (bicyclic) bond motifs is 3. The van der Waals surface area contributed by atoms with Gasteiger partial charge in [0.25, 0.3) is 0 Å². The summed E-state index contributed by atoms with van der Waals surface area (Å²) >= 11 is 0. The minimum absolute atomic E-state index is 0.708. The lowest BCUT2D eigenvalue weighted by Gasteiger charge is -2.30. The highest BCUT2D eigenvalue weighted by molar-refractivity contribution is 6.07. The number of aromatic amines is 1. The summed E-state index contributed by atoms with van der Waals surface area (Å²) in [4.78, 5) is 10.1. The molecule has 0 atom stereocenters. The van der Waals surface area contributed by atoms with E-state index in [1.165, 1.54) is 19.5 Å². The van der Waals surface area contributed by atoms with E-state index in [4.69, 9.17) is 9.47 Å². The second-order valence-electron chi connectivity index (χ2n) is 5.99. The molecule has 0 unspecified atom stereocenters. The van der Waals surface area contributed by atoms with Crippen molar-refractivity contribution >= 4 is 21.8 Å². The van der Waals surface area contributed by atoms with Crippen LogP contribution in [0.5, 0.6) is 11.5 Å². The summed E-state index contributed by atoms with van der Waals surface area (Å²) in [5.41, 5.74) is 2.12. The van der Waals surface area contributed by atoms with E-state index in [1.54, 1.807) is 13.3 Å². The molecule has 2 aromatic heterocycles. The van der Waals surface area contributed by atoms with Crippen LogP contribution in [0.15, 0.2) is 30.6 Å². The minimum Gasteiger partial charge on any atom is -0.493 e. The molecule has 1 aromatic carbocycles. The first-order chi connectivity index (χ1) is 11.3. The van der Waals surface area contributed by atoms with Crippen molar-refractivity contribution in [1.29, 1.82) is 0 Å². The summed E-state index contributed by atoms with van der Waals surface area (Å²) in [6.45, 7) is 4.29. The maximum atomic E-state index is 5.96. The topological polar surface area (TPSA) is 50.4 Å². The van der Waals surface area contributed by atoms with Crippen molar-refractivity contribution in [1.82, 2.24) is 14.9 Å². The Morgan fingerprint density at radius 1 is 1.17 bits per heavy atom. The first-order valence-electron chi connectivity index (χ1n) is 8.14. The van der Waals surface area contributed by atoms with Crippen molar-refractivity contribution in [2.75, 3.05) is 33.4 Å². The van der Waals surface area contributed by atoms with Gasteiger partial charge >= 0.3 is 0 Å². The molecule has 0 amide bonds. The van der Waals surface area contributed by atoms with Crippen LogP contribution in [0.1, 0.15) is 12.8 Å². The Kier molecular flexibility index (Phi) is 3.79. The summed E-state index contributed by atoms with van der Waals surface area (Å²) in [6, 6.07) is 6.04. The standard InChI is InChI=1S/C18H21N3O2/c1-22-17-10-13-14-12-19-5-4-15(14)20-16(13)11-18(17)23-9-3-8-21-6-2-7-21/h4-5,10-12,20H,2-3,6-9H2,1H3. The van der Waals surface area contributed by atoms with Crippen molar-refractivity contribution in [3.63, 3.8) is 0 Å². The van der Waals surface area contributed by atoms with E-state index in [9.17, 15) is 0 Å². The first kappa shape index (κ1) is 14.3. The van der Waals surface area contributed by atoms with Gasteiger partial charge in [-0.2, -0.15) is 0 Å². The van der Waals surface area contributed by atoms with Crippen molar-refractivity contribution in [3.8, 4) is 11.5 Å². The molecule has 120 valence electrons. The first-order valence-corrected chi connectivity index (χ1v) is 8.14. The molecule has 1 fully saturated rings. The van der Waals surface area contributed by atoms with E-state index in [2.05, 4.69) is 14.9 Å². The van der Waals surface area contributed by atoms with E-state index >= 15 is 0 Å². The Hall–Kier alpha value is -2.27. The Morgan fingerprint density at radius 2 is 2.09 bits per heavy atom. The number of H-pyrrole nitrogens is 1. The van der Waals surface area contributed by atoms with Crippen LogP contribution in [-0.4, -0.2) is 48.2 Å². The number of hydrogen-bond acceptors (Lipinski definition) is 4. The number of benzene rings is 1. The molecular formula is C18H21N3O2. The average Bonchev–Trinajstić information content (AvgIpc) is 2.89. The number of rotatable bonds is 6. The molecule has 1 saturated heterocycles. The Morgan fingerprint density at radius 3 is 2.87 bits per heavy atom. The predicted octanol–water partition coefficient (Wildman–Crippen LogP) is 3.20. The van der Waals surface area contributed by atoms with Gasteiger partial charge in [-0.1, -0.05) is 0 Å². The molecular weight excluding hydrogens is 290 g/mol. The smallest absolute Gasteiger partial charge is 0.163 e. The van der Waals surface area contributed by atoms with Crippen LogP contribution in [0.25, 0.3) is 21.8 Å². The van der Waals surface area contributed by atoms with Gasteiger partial charge < -0.3 is 19.4 Å². The lowest BCUT2D eigenvalue weighted by atomic mass is 10.2. The number of likely N-dealkylation sites (tertiary alicyclic amines) is 1. The molecule has 5 heteroatoms. The van der Waals surface area contributed by atoms with Crippen molar-refractivity contribution in [2.45, 2.75) is 12.8 Å². The third-order valence-corrected chi connectivity index (χ3v) is 4.51. The van der Waals surface area contributed by atoms with Crippen LogP contribution >= 0.6 is 0 Å². The van der Waals surface area contributed by atoms with Gasteiger partial charge in [-0.15, -0.1) is 0 Å². The number of aromatic nitrogens is 2. The molecule has 1 aliphatic rings. The molecule has 0 radical (unpaired) electrons. The van der Waals surface area contributed by atoms with Crippen molar-refractivity contribution < 1.29 is 9.47 Å². The van der Waals surface area contributed by atoms with Gasteiger partial charge in [0.1, 0.15) is 0 Å². The molecule has 0 bridgehead atoms. The monoisotopic (exact) mass is 311 g/mol. The zero-order valence-corrected chi connectivity index (χ0v) is 13.3. The van der Waals surface area contributed by atoms with Crippen molar-refractivity contribution in [2.24, 2.45) is 0 Å². The van der Waals surface area contributed by atoms with E-state index < -0.39 is 0 Å². The molecule has 1 aliphatic heterocycles. The van der Waals surface area contributed by atoms with Crippen LogP contribution in [0.3, 0.4) is 0 Å². The second-order valence-corrected chi connectivity index (χ2v) is 5.99. The van der Waals surface area contributed by atoms with Gasteiger partial charge in [0.15, 0.2) is 11.5 Å². The molecule has 3 heterocycles. The molecule has 4 rings (SSSR count). The van der Waals surface area contributed by atoms with Crippen LogP contribution in [0, 0.1) is 0 Å². The summed E-state index contributed by atoms with van der Waals surface area (Å²) in [5, 5.41) is 2.21. The summed E-state index contributed by atoms with van der Waals surface area (Å²) in [7, 11) is 1.68. The maximum Gasteiger partial charge on any atom is 0.163 e. The number of methoxy groups -OCH3 is 1. The fraction of sp³-hybridized carbons (Fsp3) is 0.389. The summed E-state index contributed by atoms with van der Waals surface area (Å²) in [6.07, 6.45) is 6.04. The zero-order chi connectivity index (χ0) is 15.6.